The molecule has 0 aromatic rings. The third-order valence-corrected chi connectivity index (χ3v) is 1.07. The maximum atomic E-state index is 9.80. The number of hydrogen-bond donors (Lipinski definition) is 2. The normalized spacial score (nSPS) is 17.9. The van der Waals surface area contributed by atoms with E-state index < -0.39 is 11.4 Å². The van der Waals surface area contributed by atoms with Crippen LogP contribution in [-0.2, 0) is 15.5 Å². The van der Waals surface area contributed by atoms with E-state index in [-0.39, 0.29) is 12.6 Å². The van der Waals surface area contributed by atoms with Crippen molar-refractivity contribution >= 4 is 11.4 Å². The zero-order chi connectivity index (χ0) is 6.57. The smallest absolute Gasteiger partial charge is 0.302 e. The van der Waals surface area contributed by atoms with Crippen molar-refractivity contribution in [3.8, 4) is 0 Å². The van der Waals surface area contributed by atoms with Gasteiger partial charge in [0.05, 0.1) is 6.10 Å². The average Bonchev–Trinajstić information content (AvgIpc) is 1.65. The van der Waals surface area contributed by atoms with E-state index in [2.05, 4.69) is 4.18 Å². The molecule has 0 saturated heterocycles. The fourth-order valence-corrected chi connectivity index (χ4v) is 0.539. The van der Waals surface area contributed by atoms with E-state index in [1.54, 1.807) is 6.92 Å². The van der Waals surface area contributed by atoms with Gasteiger partial charge in [0.25, 0.3) is 0 Å². The lowest BCUT2D eigenvalue weighted by atomic mass is 10.4. The number of rotatable bonds is 3. The van der Waals surface area contributed by atoms with E-state index in [9.17, 15) is 4.21 Å². The second kappa shape index (κ2) is 3.96. The van der Waals surface area contributed by atoms with Crippen molar-refractivity contribution in [2.45, 2.75) is 13.0 Å². The number of nitrogens with two attached hydrogens (primary N) is 1. The Balaban J connectivity index is 3.24. The molecule has 4 nitrogen and oxygen atoms in total. The van der Waals surface area contributed by atoms with Crippen LogP contribution in [0.5, 0.6) is 0 Å². The molecule has 0 aliphatic carbocycles. The summed E-state index contributed by atoms with van der Waals surface area (Å²) in [5, 5.41) is 0. The Morgan fingerprint density at radius 1 is 2.00 bits per heavy atom. The van der Waals surface area contributed by atoms with E-state index in [0.29, 0.717) is 0 Å². The zero-order valence-corrected chi connectivity index (χ0v) is 5.35. The second-order valence-electron chi connectivity index (χ2n) is 1.36. The van der Waals surface area contributed by atoms with Gasteiger partial charge in [-0.05, 0) is 6.92 Å². The minimum atomic E-state index is -2.18. The van der Waals surface area contributed by atoms with Gasteiger partial charge >= 0.3 is 11.4 Å². The minimum absolute atomic E-state index is 0.256. The van der Waals surface area contributed by atoms with E-state index in [1.807, 2.05) is 0 Å². The maximum Gasteiger partial charge on any atom is 0.302 e. The molecule has 50 valence electrons. The first-order valence-corrected chi connectivity index (χ1v) is 3.18. The molecular weight excluding hydrogens is 130 g/mol. The van der Waals surface area contributed by atoms with Gasteiger partial charge in [0.15, 0.2) is 0 Å². The van der Waals surface area contributed by atoms with Crippen LogP contribution in [0.2, 0.25) is 0 Å². The first-order valence-electron chi connectivity index (χ1n) is 2.15. The molecule has 2 unspecified atom stereocenters. The Hall–Kier alpha value is 0.0300. The highest BCUT2D eigenvalue weighted by Gasteiger charge is 2.00. The van der Waals surface area contributed by atoms with Crippen LogP contribution < -0.4 is 5.73 Å². The van der Waals surface area contributed by atoms with Crippen molar-refractivity contribution < 1.29 is 12.9 Å². The van der Waals surface area contributed by atoms with Gasteiger partial charge in [0, 0.05) is 6.54 Å². The fourth-order valence-electron chi connectivity index (χ4n) is 0.180. The molecule has 0 saturated carbocycles. The van der Waals surface area contributed by atoms with Crippen LogP contribution in [0.3, 0.4) is 0 Å². The summed E-state index contributed by atoms with van der Waals surface area (Å²) in [6.45, 7) is 1.88. The van der Waals surface area contributed by atoms with Crippen molar-refractivity contribution in [1.29, 1.82) is 0 Å². The molecule has 0 aliphatic heterocycles. The topological polar surface area (TPSA) is 72.5 Å². The highest BCUT2D eigenvalue weighted by molar-refractivity contribution is 7.74. The van der Waals surface area contributed by atoms with Crippen LogP contribution in [0, 0.1) is 0 Å². The molecule has 0 amide bonds. The number of hydrogen-bond acceptors (Lipinski definition) is 3. The molecule has 0 spiro atoms. The molecular formula is C3H9NO3S. The summed E-state index contributed by atoms with van der Waals surface area (Å²) in [6, 6.07) is 0. The predicted octanol–water partition coefficient (Wildman–Crippen LogP) is -0.513. The standard InChI is InChI=1S/C3H9NO3S/c1-3(2-4)7-8(5)6/h3H,2,4H2,1H3,(H,5,6). The first-order chi connectivity index (χ1) is 3.66. The van der Waals surface area contributed by atoms with Gasteiger partial charge in [-0.25, -0.2) is 0 Å². The highest BCUT2D eigenvalue weighted by atomic mass is 32.2. The lowest BCUT2D eigenvalue weighted by Crippen LogP contribution is -2.20. The van der Waals surface area contributed by atoms with Crippen molar-refractivity contribution in [1.82, 2.24) is 0 Å². The summed E-state index contributed by atoms with van der Waals surface area (Å²) in [7, 11) is 0. The van der Waals surface area contributed by atoms with Gasteiger partial charge in [-0.15, -0.1) is 0 Å². The van der Waals surface area contributed by atoms with Crippen LogP contribution in [0.15, 0.2) is 0 Å². The van der Waals surface area contributed by atoms with Crippen molar-refractivity contribution in [2.75, 3.05) is 6.54 Å². The lowest BCUT2D eigenvalue weighted by molar-refractivity contribution is 0.230. The summed E-state index contributed by atoms with van der Waals surface area (Å²) in [5.74, 6) is 0. The predicted molar refractivity (Wildman–Crippen MR) is 30.4 cm³/mol. The third kappa shape index (κ3) is 4.20. The second-order valence-corrected chi connectivity index (χ2v) is 1.99. The molecule has 0 heterocycles. The van der Waals surface area contributed by atoms with Crippen LogP contribution in [0.25, 0.3) is 0 Å². The molecule has 0 bridgehead atoms. The SMILES string of the molecule is CC(CN)OS(=O)O. The molecule has 5 heteroatoms. The van der Waals surface area contributed by atoms with Gasteiger partial charge in [-0.1, -0.05) is 0 Å². The molecule has 3 N–H and O–H groups in total. The summed E-state index contributed by atoms with van der Waals surface area (Å²) >= 11 is -2.18. The van der Waals surface area contributed by atoms with Gasteiger partial charge in [-0.3, -0.25) is 8.74 Å². The first kappa shape index (κ1) is 8.03. The Labute approximate surface area is 50.5 Å². The summed E-state index contributed by atoms with van der Waals surface area (Å²) in [6.07, 6.45) is -0.346. The monoisotopic (exact) mass is 139 g/mol. The lowest BCUT2D eigenvalue weighted by Gasteiger charge is -2.02. The van der Waals surface area contributed by atoms with Gasteiger partial charge in [0.1, 0.15) is 0 Å². The molecule has 0 aromatic heterocycles. The molecule has 0 radical (unpaired) electrons. The molecule has 2 atom stereocenters. The van der Waals surface area contributed by atoms with Crippen molar-refractivity contribution in [2.24, 2.45) is 5.73 Å². The zero-order valence-electron chi connectivity index (χ0n) is 4.53. The molecule has 0 fully saturated rings. The Bertz CT molecular complexity index is 86.6. The van der Waals surface area contributed by atoms with Gasteiger partial charge < -0.3 is 5.73 Å². The Kier molecular flexibility index (Phi) is 3.98. The van der Waals surface area contributed by atoms with E-state index in [4.69, 9.17) is 10.3 Å². The van der Waals surface area contributed by atoms with Crippen LogP contribution in [0.1, 0.15) is 6.92 Å². The molecule has 0 rings (SSSR count). The average molecular weight is 139 g/mol. The summed E-state index contributed by atoms with van der Waals surface area (Å²) < 4.78 is 22.2. The summed E-state index contributed by atoms with van der Waals surface area (Å²) in [4.78, 5) is 0. The van der Waals surface area contributed by atoms with Crippen molar-refractivity contribution in [3.05, 3.63) is 0 Å². The summed E-state index contributed by atoms with van der Waals surface area (Å²) in [5.41, 5.74) is 5.05. The fraction of sp³-hybridized carbons (Fsp3) is 1.00. The molecule has 0 aliphatic rings. The minimum Gasteiger partial charge on any atom is -0.328 e. The quantitative estimate of drug-likeness (QED) is 0.516. The maximum absolute atomic E-state index is 9.80. The van der Waals surface area contributed by atoms with Crippen molar-refractivity contribution in [3.63, 3.8) is 0 Å². The van der Waals surface area contributed by atoms with E-state index >= 15 is 0 Å². The molecule has 8 heavy (non-hydrogen) atoms. The van der Waals surface area contributed by atoms with Gasteiger partial charge in [-0.2, -0.15) is 4.21 Å². The third-order valence-electron chi connectivity index (χ3n) is 0.579. The van der Waals surface area contributed by atoms with Crippen LogP contribution in [0.4, 0.5) is 0 Å². The molecule has 0 aromatic carbocycles. The largest absolute Gasteiger partial charge is 0.328 e. The van der Waals surface area contributed by atoms with Crippen LogP contribution in [-0.4, -0.2) is 21.4 Å². The highest BCUT2D eigenvalue weighted by Crippen LogP contribution is 1.87. The Morgan fingerprint density at radius 3 is 2.62 bits per heavy atom. The Morgan fingerprint density at radius 2 is 2.50 bits per heavy atom. The van der Waals surface area contributed by atoms with Gasteiger partial charge in [0.2, 0.25) is 0 Å². The van der Waals surface area contributed by atoms with Crippen LogP contribution >= 0.6 is 0 Å². The van der Waals surface area contributed by atoms with E-state index in [0.717, 1.165) is 0 Å². The van der Waals surface area contributed by atoms with E-state index in [1.165, 1.54) is 0 Å².